The zero-order valence-corrected chi connectivity index (χ0v) is 20.4. The van der Waals surface area contributed by atoms with E-state index in [0.717, 1.165) is 6.07 Å². The first kappa shape index (κ1) is 25.4. The Labute approximate surface area is 214 Å². The number of aromatic amines is 1. The number of benzene rings is 1. The molecule has 1 unspecified atom stereocenters. The van der Waals surface area contributed by atoms with Crippen LogP contribution >= 0.6 is 0 Å². The van der Waals surface area contributed by atoms with Gasteiger partial charge in [-0.05, 0) is 13.8 Å². The summed E-state index contributed by atoms with van der Waals surface area (Å²) in [6, 6.07) is 6.45. The van der Waals surface area contributed by atoms with Crippen LogP contribution in [0.1, 0.15) is 48.3 Å². The van der Waals surface area contributed by atoms with Crippen molar-refractivity contribution >= 4 is 16.7 Å². The predicted molar refractivity (Wildman–Crippen MR) is 132 cm³/mol. The van der Waals surface area contributed by atoms with Crippen LogP contribution in [0.15, 0.2) is 35.3 Å². The number of aryl methyl sites for hydroxylation is 1. The minimum absolute atomic E-state index is 0.0350. The lowest BCUT2D eigenvalue weighted by molar-refractivity contribution is -0.0213. The number of nitrogens with one attached hydrogen (secondary N) is 3. The molecule has 0 saturated carbocycles. The summed E-state index contributed by atoms with van der Waals surface area (Å²) >= 11 is 0. The normalized spacial score (nSPS) is 16.5. The highest BCUT2D eigenvalue weighted by molar-refractivity contribution is 5.98. The van der Waals surface area contributed by atoms with Gasteiger partial charge in [-0.2, -0.15) is 10.4 Å². The lowest BCUT2D eigenvalue weighted by Crippen LogP contribution is -2.40. The summed E-state index contributed by atoms with van der Waals surface area (Å²) in [6.45, 7) is 4.64. The van der Waals surface area contributed by atoms with Crippen LogP contribution in [0.5, 0.6) is 0 Å². The fourth-order valence-electron chi connectivity index (χ4n) is 4.48. The van der Waals surface area contributed by atoms with E-state index in [0.29, 0.717) is 30.9 Å². The molecule has 3 N–H and O–H groups in total. The molecule has 13 heteroatoms. The Morgan fingerprint density at radius 1 is 1.29 bits per heavy atom. The van der Waals surface area contributed by atoms with Crippen LogP contribution < -0.4 is 16.2 Å². The number of hydrogen-bond acceptors (Lipinski definition) is 8. The van der Waals surface area contributed by atoms with Gasteiger partial charge in [-0.15, -0.1) is 0 Å². The summed E-state index contributed by atoms with van der Waals surface area (Å²) < 4.78 is 48.7. The van der Waals surface area contributed by atoms with Gasteiger partial charge >= 0.3 is 0 Å². The van der Waals surface area contributed by atoms with Crippen molar-refractivity contribution in [3.63, 3.8) is 0 Å². The van der Waals surface area contributed by atoms with E-state index in [-0.39, 0.29) is 33.8 Å². The van der Waals surface area contributed by atoms with Crippen LogP contribution in [0, 0.1) is 24.1 Å². The average molecular weight is 525 g/mol. The topological polar surface area (TPSA) is 134 Å². The third kappa shape index (κ3) is 4.59. The second-order valence-corrected chi connectivity index (χ2v) is 8.82. The quantitative estimate of drug-likeness (QED) is 0.348. The molecule has 3 aromatic heterocycles. The van der Waals surface area contributed by atoms with E-state index in [1.165, 1.54) is 22.8 Å². The molecule has 2 atom stereocenters. The Kier molecular flexibility index (Phi) is 6.83. The van der Waals surface area contributed by atoms with Gasteiger partial charge in [0, 0.05) is 30.9 Å². The zero-order valence-electron chi connectivity index (χ0n) is 20.4. The minimum atomic E-state index is -2.96. The van der Waals surface area contributed by atoms with Crippen LogP contribution in [0.3, 0.4) is 0 Å². The molecule has 1 aliphatic rings. The van der Waals surface area contributed by atoms with Crippen LogP contribution in [0.25, 0.3) is 22.2 Å². The number of anilines is 1. The molecule has 196 valence electrons. The molecule has 0 spiro atoms. The molecule has 5 rings (SSSR count). The van der Waals surface area contributed by atoms with Gasteiger partial charge in [0.15, 0.2) is 5.69 Å². The average Bonchev–Trinajstić information content (AvgIpc) is 3.37. The fourth-order valence-corrected chi connectivity index (χ4v) is 4.48. The van der Waals surface area contributed by atoms with Gasteiger partial charge in [-0.25, -0.2) is 23.1 Å². The monoisotopic (exact) mass is 524 g/mol. The first-order valence-electron chi connectivity index (χ1n) is 11.8. The van der Waals surface area contributed by atoms with Gasteiger partial charge in [0.25, 0.3) is 12.0 Å². The molecular weight excluding hydrogens is 501 g/mol. The van der Waals surface area contributed by atoms with Gasteiger partial charge in [-0.3, -0.25) is 14.5 Å². The molecule has 10 nitrogen and oxygen atoms in total. The highest BCUT2D eigenvalue weighted by Gasteiger charge is 2.25. The zero-order chi connectivity index (χ0) is 27.0. The number of rotatable bonds is 6. The van der Waals surface area contributed by atoms with Crippen molar-refractivity contribution in [3.8, 4) is 17.3 Å². The molecule has 4 heterocycles. The standard InChI is InChI=1S/C25H23F3N8O2/c1-12(15-4-3-5-16(21(15)26)23(27)28)31-24-17-11-36(19-10-30-6-7-38-19)25(37)20(22(17)32-13(2)33-24)18-8-14(9-29)34-35-18/h3-5,8,11-12,19,23,30H,6-7,10H2,1-2H3,(H,34,35)(H,31,32,33)/t12?,19-/m1/s1. The number of nitriles is 1. The molecule has 4 aromatic rings. The van der Waals surface area contributed by atoms with Gasteiger partial charge in [0.2, 0.25) is 0 Å². The van der Waals surface area contributed by atoms with Crippen LogP contribution in [-0.4, -0.2) is 44.4 Å². The second-order valence-electron chi connectivity index (χ2n) is 8.82. The maximum atomic E-state index is 14.9. The van der Waals surface area contributed by atoms with Crippen molar-refractivity contribution in [2.45, 2.75) is 32.5 Å². The van der Waals surface area contributed by atoms with Crippen molar-refractivity contribution in [2.24, 2.45) is 0 Å². The van der Waals surface area contributed by atoms with Crippen molar-refractivity contribution in [2.75, 3.05) is 25.0 Å². The van der Waals surface area contributed by atoms with Crippen LogP contribution in [0.2, 0.25) is 0 Å². The molecular formula is C25H23F3N8O2. The third-order valence-corrected chi connectivity index (χ3v) is 6.30. The third-order valence-electron chi connectivity index (χ3n) is 6.30. The first-order valence-corrected chi connectivity index (χ1v) is 11.8. The minimum Gasteiger partial charge on any atom is -0.363 e. The molecule has 0 aliphatic carbocycles. The number of halogens is 3. The maximum Gasteiger partial charge on any atom is 0.266 e. The summed E-state index contributed by atoms with van der Waals surface area (Å²) in [5.74, 6) is -0.429. The highest BCUT2D eigenvalue weighted by Crippen LogP contribution is 2.32. The van der Waals surface area contributed by atoms with Crippen LogP contribution in [-0.2, 0) is 4.74 Å². The van der Waals surface area contributed by atoms with Gasteiger partial charge in [0.05, 0.1) is 40.4 Å². The maximum absolute atomic E-state index is 14.9. The fraction of sp³-hybridized carbons (Fsp3) is 0.320. The van der Waals surface area contributed by atoms with E-state index in [2.05, 4.69) is 30.8 Å². The van der Waals surface area contributed by atoms with Crippen molar-refractivity contribution in [1.29, 1.82) is 5.26 Å². The van der Waals surface area contributed by atoms with E-state index >= 15 is 0 Å². The number of aromatic nitrogens is 5. The number of H-pyrrole nitrogens is 1. The Morgan fingerprint density at radius 3 is 2.76 bits per heavy atom. The Hall–Kier alpha value is -4.28. The van der Waals surface area contributed by atoms with E-state index < -0.39 is 35.6 Å². The first-order chi connectivity index (χ1) is 18.3. The number of fused-ring (bicyclic) bond motifs is 1. The van der Waals surface area contributed by atoms with Gasteiger partial charge < -0.3 is 15.4 Å². The SMILES string of the molecule is Cc1nc(NC(C)c2cccc(C(F)F)c2F)c2cn([C@H]3CNCCO3)c(=O)c(-c3cc(C#N)n[nH]3)c2n1. The summed E-state index contributed by atoms with van der Waals surface area (Å²) in [5, 5.41) is 22.6. The number of alkyl halides is 2. The molecule has 0 radical (unpaired) electrons. The molecule has 1 saturated heterocycles. The number of hydrogen-bond donors (Lipinski definition) is 3. The second kappa shape index (κ2) is 10.2. The Bertz CT molecular complexity index is 1600. The van der Waals surface area contributed by atoms with Crippen molar-refractivity contribution in [1.82, 2.24) is 30.0 Å². The van der Waals surface area contributed by atoms with E-state index in [1.807, 2.05) is 6.07 Å². The number of morpholine rings is 1. The molecule has 0 bridgehead atoms. The lowest BCUT2D eigenvalue weighted by Gasteiger charge is -2.26. The van der Waals surface area contributed by atoms with E-state index in [9.17, 15) is 23.2 Å². The molecule has 1 aliphatic heterocycles. The smallest absolute Gasteiger partial charge is 0.266 e. The molecule has 1 aromatic carbocycles. The largest absolute Gasteiger partial charge is 0.363 e. The predicted octanol–water partition coefficient (Wildman–Crippen LogP) is 3.73. The van der Waals surface area contributed by atoms with Crippen molar-refractivity contribution < 1.29 is 17.9 Å². The summed E-state index contributed by atoms with van der Waals surface area (Å²) in [6.07, 6.45) is -2.04. The molecule has 1 fully saturated rings. The Morgan fingerprint density at radius 2 is 2.08 bits per heavy atom. The number of ether oxygens (including phenoxy) is 1. The number of nitrogens with zero attached hydrogens (tertiary/aromatic N) is 5. The van der Waals surface area contributed by atoms with Crippen LogP contribution in [0.4, 0.5) is 19.0 Å². The summed E-state index contributed by atoms with van der Waals surface area (Å²) in [5.41, 5.74) is -0.288. The van der Waals surface area contributed by atoms with E-state index in [4.69, 9.17) is 4.74 Å². The van der Waals surface area contributed by atoms with E-state index in [1.54, 1.807) is 20.0 Å². The summed E-state index contributed by atoms with van der Waals surface area (Å²) in [4.78, 5) is 22.7. The molecule has 0 amide bonds. The highest BCUT2D eigenvalue weighted by atomic mass is 19.3. The Balaban J connectivity index is 1.70. The number of pyridine rings is 1. The van der Waals surface area contributed by atoms with Gasteiger partial charge in [-0.1, -0.05) is 18.2 Å². The van der Waals surface area contributed by atoms with Crippen molar-refractivity contribution in [3.05, 3.63) is 69.3 Å². The van der Waals surface area contributed by atoms with Gasteiger partial charge in [0.1, 0.15) is 29.8 Å². The molecule has 38 heavy (non-hydrogen) atoms. The summed E-state index contributed by atoms with van der Waals surface area (Å²) in [7, 11) is 0. The lowest BCUT2D eigenvalue weighted by atomic mass is 10.0.